The number of anilines is 1. The van der Waals surface area contributed by atoms with Gasteiger partial charge in [-0.05, 0) is 62.4 Å². The molecule has 1 aromatic carbocycles. The highest BCUT2D eigenvalue weighted by Gasteiger charge is 2.43. The lowest BCUT2D eigenvalue weighted by atomic mass is 9.92. The number of hydrogen-bond donors (Lipinski definition) is 1. The van der Waals surface area contributed by atoms with Gasteiger partial charge in [0.1, 0.15) is 5.92 Å². The molecule has 1 atom stereocenters. The van der Waals surface area contributed by atoms with Crippen LogP contribution in [0.3, 0.4) is 0 Å². The number of benzene rings is 1. The summed E-state index contributed by atoms with van der Waals surface area (Å²) >= 11 is 6.74. The summed E-state index contributed by atoms with van der Waals surface area (Å²) in [5.74, 6) is -2.13. The van der Waals surface area contributed by atoms with Gasteiger partial charge in [0.2, 0.25) is 11.8 Å². The number of carbonyl (C=O) groups excluding carboxylic acids is 3. The van der Waals surface area contributed by atoms with E-state index in [4.69, 9.17) is 0 Å². The van der Waals surface area contributed by atoms with Crippen LogP contribution in [0.4, 0.5) is 10.5 Å². The van der Waals surface area contributed by atoms with E-state index in [9.17, 15) is 14.4 Å². The van der Waals surface area contributed by atoms with Crippen LogP contribution >= 0.6 is 31.9 Å². The highest BCUT2D eigenvalue weighted by Crippen LogP contribution is 2.37. The first-order valence-electron chi connectivity index (χ1n) is 6.38. The fourth-order valence-corrected chi connectivity index (χ4v) is 4.07. The number of amides is 4. The predicted octanol–water partition coefficient (Wildman–Crippen LogP) is 3.38. The zero-order valence-electron chi connectivity index (χ0n) is 11.7. The molecule has 1 aliphatic heterocycles. The van der Waals surface area contributed by atoms with Crippen LogP contribution in [0, 0.1) is 18.8 Å². The summed E-state index contributed by atoms with van der Waals surface area (Å²) in [5, 5.41) is 2.24. The number of hydrogen-bond acceptors (Lipinski definition) is 3. The molecule has 2 rings (SSSR count). The molecule has 0 bridgehead atoms. The molecule has 1 unspecified atom stereocenters. The Morgan fingerprint density at radius 3 is 2.14 bits per heavy atom. The molecule has 0 spiro atoms. The molecule has 1 fully saturated rings. The van der Waals surface area contributed by atoms with E-state index >= 15 is 0 Å². The topological polar surface area (TPSA) is 66.5 Å². The zero-order valence-corrected chi connectivity index (χ0v) is 14.9. The Kier molecular flexibility index (Phi) is 4.53. The molecule has 0 saturated carbocycles. The number of rotatable bonds is 2. The van der Waals surface area contributed by atoms with Crippen molar-refractivity contribution in [2.75, 3.05) is 4.90 Å². The average Bonchev–Trinajstić information content (AvgIpc) is 2.30. The number of nitrogens with zero attached hydrogens (tertiary/aromatic N) is 1. The molecule has 1 aliphatic rings. The van der Waals surface area contributed by atoms with Gasteiger partial charge in [-0.2, -0.15) is 0 Å². The summed E-state index contributed by atoms with van der Waals surface area (Å²) in [4.78, 5) is 37.6. The van der Waals surface area contributed by atoms with Crippen LogP contribution in [-0.2, 0) is 9.59 Å². The van der Waals surface area contributed by atoms with Gasteiger partial charge in [0.05, 0.1) is 5.69 Å². The van der Waals surface area contributed by atoms with Crippen molar-refractivity contribution in [2.45, 2.75) is 20.8 Å². The third kappa shape index (κ3) is 2.89. The van der Waals surface area contributed by atoms with Crippen molar-refractivity contribution in [3.63, 3.8) is 0 Å². The predicted molar refractivity (Wildman–Crippen MR) is 85.9 cm³/mol. The smallest absolute Gasteiger partial charge is 0.277 e. The molecule has 21 heavy (non-hydrogen) atoms. The molecule has 7 heteroatoms. The normalized spacial score (nSPS) is 19.2. The van der Waals surface area contributed by atoms with Crippen molar-refractivity contribution in [2.24, 2.45) is 11.8 Å². The molecular weight excluding hydrogens is 404 g/mol. The Morgan fingerprint density at radius 2 is 1.67 bits per heavy atom. The van der Waals surface area contributed by atoms with Gasteiger partial charge in [0.15, 0.2) is 0 Å². The Bertz CT molecular complexity index is 620. The standard InChI is InChI=1S/C14H14Br2N2O3/c1-6(2)10-12(19)17-14(21)18(13(10)20)11-8(15)4-7(3)5-9(11)16/h4-6,10H,1-3H3,(H,17,19,21). The number of imide groups is 2. The van der Waals surface area contributed by atoms with Gasteiger partial charge in [-0.25, -0.2) is 9.69 Å². The van der Waals surface area contributed by atoms with Crippen LogP contribution in [0.15, 0.2) is 21.1 Å². The van der Waals surface area contributed by atoms with E-state index in [1.54, 1.807) is 13.8 Å². The molecule has 1 saturated heterocycles. The molecule has 0 radical (unpaired) electrons. The summed E-state index contributed by atoms with van der Waals surface area (Å²) in [7, 11) is 0. The SMILES string of the molecule is Cc1cc(Br)c(N2C(=O)NC(=O)C(C(C)C)C2=O)c(Br)c1. The quantitative estimate of drug-likeness (QED) is 0.750. The highest BCUT2D eigenvalue weighted by molar-refractivity contribution is 9.11. The second kappa shape index (κ2) is 5.88. The van der Waals surface area contributed by atoms with E-state index in [2.05, 4.69) is 37.2 Å². The van der Waals surface area contributed by atoms with E-state index < -0.39 is 23.8 Å². The van der Waals surface area contributed by atoms with Gasteiger partial charge in [0.25, 0.3) is 0 Å². The zero-order chi connectivity index (χ0) is 15.9. The summed E-state index contributed by atoms with van der Waals surface area (Å²) < 4.78 is 1.21. The molecule has 1 aromatic rings. The van der Waals surface area contributed by atoms with Gasteiger partial charge in [-0.15, -0.1) is 0 Å². The average molecular weight is 418 g/mol. The second-order valence-corrected chi connectivity index (χ2v) is 6.98. The third-order valence-electron chi connectivity index (χ3n) is 3.25. The van der Waals surface area contributed by atoms with Crippen LogP contribution in [0.5, 0.6) is 0 Å². The number of halogens is 2. The van der Waals surface area contributed by atoms with Crippen molar-refractivity contribution in [3.05, 3.63) is 26.6 Å². The molecule has 0 aliphatic carbocycles. The van der Waals surface area contributed by atoms with Gasteiger partial charge in [-0.3, -0.25) is 14.9 Å². The molecule has 4 amide bonds. The minimum Gasteiger partial charge on any atom is -0.277 e. The largest absolute Gasteiger partial charge is 0.335 e. The van der Waals surface area contributed by atoms with Crippen molar-refractivity contribution in [1.82, 2.24) is 5.32 Å². The first kappa shape index (κ1) is 16.2. The van der Waals surface area contributed by atoms with E-state index in [0.29, 0.717) is 14.6 Å². The van der Waals surface area contributed by atoms with E-state index in [1.165, 1.54) is 0 Å². The lowest BCUT2D eigenvalue weighted by molar-refractivity contribution is -0.136. The first-order valence-corrected chi connectivity index (χ1v) is 7.97. The van der Waals surface area contributed by atoms with Crippen molar-refractivity contribution < 1.29 is 14.4 Å². The molecular formula is C14H14Br2N2O3. The van der Waals surface area contributed by atoms with Gasteiger partial charge < -0.3 is 0 Å². The molecule has 112 valence electrons. The first-order chi connectivity index (χ1) is 9.73. The van der Waals surface area contributed by atoms with Gasteiger partial charge in [0, 0.05) is 8.95 Å². The lowest BCUT2D eigenvalue weighted by Crippen LogP contribution is -2.59. The number of aryl methyl sites for hydroxylation is 1. The van der Waals surface area contributed by atoms with E-state index in [-0.39, 0.29) is 5.92 Å². The van der Waals surface area contributed by atoms with Crippen LogP contribution in [0.2, 0.25) is 0 Å². The molecule has 0 aromatic heterocycles. The summed E-state index contributed by atoms with van der Waals surface area (Å²) in [6, 6.07) is 2.88. The monoisotopic (exact) mass is 416 g/mol. The number of barbiturate groups is 1. The summed E-state index contributed by atoms with van der Waals surface area (Å²) in [6.45, 7) is 5.45. The maximum absolute atomic E-state index is 12.6. The number of urea groups is 1. The minimum absolute atomic E-state index is 0.198. The van der Waals surface area contributed by atoms with Crippen molar-refractivity contribution in [1.29, 1.82) is 0 Å². The highest BCUT2D eigenvalue weighted by atomic mass is 79.9. The fraction of sp³-hybridized carbons (Fsp3) is 0.357. The molecule has 1 heterocycles. The Hall–Kier alpha value is -1.21. The van der Waals surface area contributed by atoms with Crippen LogP contribution in [0.25, 0.3) is 0 Å². The minimum atomic E-state index is -0.872. The van der Waals surface area contributed by atoms with Crippen molar-refractivity contribution in [3.8, 4) is 0 Å². The Labute approximate surface area is 139 Å². The number of nitrogens with one attached hydrogen (secondary N) is 1. The van der Waals surface area contributed by atoms with Crippen molar-refractivity contribution >= 4 is 55.4 Å². The van der Waals surface area contributed by atoms with E-state index in [1.807, 2.05) is 19.1 Å². The van der Waals surface area contributed by atoms with Gasteiger partial charge >= 0.3 is 6.03 Å². The Balaban J connectivity index is 2.55. The van der Waals surface area contributed by atoms with E-state index in [0.717, 1.165) is 10.5 Å². The fourth-order valence-electron chi connectivity index (χ4n) is 2.30. The summed E-state index contributed by atoms with van der Waals surface area (Å²) in [6.07, 6.45) is 0. The third-order valence-corrected chi connectivity index (χ3v) is 4.46. The molecule has 1 N–H and O–H groups in total. The maximum Gasteiger partial charge on any atom is 0.335 e. The maximum atomic E-state index is 12.6. The lowest BCUT2D eigenvalue weighted by Gasteiger charge is -2.32. The molecule has 5 nitrogen and oxygen atoms in total. The summed E-state index contributed by atoms with van der Waals surface area (Å²) in [5.41, 5.74) is 1.38. The van der Waals surface area contributed by atoms with Crippen LogP contribution < -0.4 is 10.2 Å². The number of carbonyl (C=O) groups is 3. The van der Waals surface area contributed by atoms with Gasteiger partial charge in [-0.1, -0.05) is 13.8 Å². The Morgan fingerprint density at radius 1 is 1.14 bits per heavy atom. The van der Waals surface area contributed by atoms with Crippen LogP contribution in [0.1, 0.15) is 19.4 Å². The second-order valence-electron chi connectivity index (χ2n) is 5.27. The van der Waals surface area contributed by atoms with Crippen LogP contribution in [-0.4, -0.2) is 17.8 Å².